The summed E-state index contributed by atoms with van der Waals surface area (Å²) in [7, 11) is 0. The Balaban J connectivity index is 2.47. The van der Waals surface area contributed by atoms with E-state index in [4.69, 9.17) is 6.42 Å². The highest BCUT2D eigenvalue weighted by atomic mass is 16.1. The lowest BCUT2D eigenvalue weighted by molar-refractivity contribution is -0.137. The zero-order valence-corrected chi connectivity index (χ0v) is 11.2. The van der Waals surface area contributed by atoms with Crippen LogP contribution in [0.2, 0.25) is 0 Å². The van der Waals surface area contributed by atoms with Gasteiger partial charge < -0.3 is 0 Å². The highest BCUT2D eigenvalue weighted by Crippen LogP contribution is 2.53. The zero-order chi connectivity index (χ0) is 12.6. The molecular formula is C16H22O. The van der Waals surface area contributed by atoms with Gasteiger partial charge in [-0.05, 0) is 45.4 Å². The van der Waals surface area contributed by atoms with E-state index in [1.54, 1.807) is 0 Å². The average Bonchev–Trinajstić information content (AvgIpc) is 2.29. The number of ketones is 1. The molecule has 0 aromatic rings. The minimum atomic E-state index is -0.280. The Bertz CT molecular complexity index is 406. The Morgan fingerprint density at radius 3 is 2.65 bits per heavy atom. The number of Topliss-reactive ketones (excluding diaryl/α,β-unsaturated/α-hetero) is 1. The number of carbonyl (C=O) groups is 1. The molecular weight excluding hydrogens is 208 g/mol. The number of hydrogen-bond acceptors (Lipinski definition) is 1. The monoisotopic (exact) mass is 230 g/mol. The second kappa shape index (κ2) is 4.33. The maximum atomic E-state index is 12.4. The van der Waals surface area contributed by atoms with E-state index in [0.717, 1.165) is 25.7 Å². The SMILES string of the molecule is C#CC1C(=C(C)C)CCC2CCCC(=O)C21C. The van der Waals surface area contributed by atoms with Crippen molar-refractivity contribution in [3.8, 4) is 12.3 Å². The van der Waals surface area contributed by atoms with E-state index in [-0.39, 0.29) is 11.3 Å². The van der Waals surface area contributed by atoms with E-state index >= 15 is 0 Å². The lowest BCUT2D eigenvalue weighted by Crippen LogP contribution is -2.48. The fourth-order valence-electron chi connectivity index (χ4n) is 3.80. The molecule has 2 aliphatic rings. The number of fused-ring (bicyclic) bond motifs is 1. The van der Waals surface area contributed by atoms with Crippen molar-refractivity contribution in [2.24, 2.45) is 17.3 Å². The lowest BCUT2D eigenvalue weighted by Gasteiger charge is -2.48. The fraction of sp³-hybridized carbons (Fsp3) is 0.688. The second-order valence-corrected chi connectivity index (χ2v) is 5.96. The fourth-order valence-corrected chi connectivity index (χ4v) is 3.80. The molecule has 0 heterocycles. The average molecular weight is 230 g/mol. The van der Waals surface area contributed by atoms with Gasteiger partial charge >= 0.3 is 0 Å². The van der Waals surface area contributed by atoms with Crippen LogP contribution in [0, 0.1) is 29.6 Å². The highest BCUT2D eigenvalue weighted by Gasteiger charge is 2.51. The van der Waals surface area contributed by atoms with Crippen LogP contribution in [0.15, 0.2) is 11.1 Å². The van der Waals surface area contributed by atoms with Gasteiger partial charge in [0.2, 0.25) is 0 Å². The summed E-state index contributed by atoms with van der Waals surface area (Å²) in [6.45, 7) is 6.36. The first-order valence-electron chi connectivity index (χ1n) is 6.67. The van der Waals surface area contributed by atoms with E-state index in [0.29, 0.717) is 11.7 Å². The van der Waals surface area contributed by atoms with Crippen molar-refractivity contribution in [3.63, 3.8) is 0 Å². The van der Waals surface area contributed by atoms with Gasteiger partial charge in [-0.1, -0.05) is 24.0 Å². The van der Waals surface area contributed by atoms with E-state index in [2.05, 4.69) is 26.7 Å². The van der Waals surface area contributed by atoms with E-state index in [9.17, 15) is 4.79 Å². The number of carbonyl (C=O) groups excluding carboxylic acids is 1. The van der Waals surface area contributed by atoms with Crippen LogP contribution in [0.5, 0.6) is 0 Å². The van der Waals surface area contributed by atoms with Crippen molar-refractivity contribution in [1.29, 1.82) is 0 Å². The number of rotatable bonds is 0. The van der Waals surface area contributed by atoms with Crippen LogP contribution >= 0.6 is 0 Å². The number of allylic oxidation sites excluding steroid dienone is 2. The van der Waals surface area contributed by atoms with Gasteiger partial charge in [-0.3, -0.25) is 4.79 Å². The molecule has 0 aromatic heterocycles. The molecule has 0 N–H and O–H groups in total. The third-order valence-electron chi connectivity index (χ3n) is 4.92. The summed E-state index contributed by atoms with van der Waals surface area (Å²) in [4.78, 5) is 12.4. The van der Waals surface area contributed by atoms with Crippen molar-refractivity contribution >= 4 is 5.78 Å². The molecule has 0 bridgehead atoms. The quantitative estimate of drug-likeness (QED) is 0.457. The first-order chi connectivity index (χ1) is 8.01. The molecule has 17 heavy (non-hydrogen) atoms. The molecule has 2 fully saturated rings. The molecule has 0 saturated heterocycles. The summed E-state index contributed by atoms with van der Waals surface area (Å²) in [6.07, 6.45) is 10.9. The summed E-state index contributed by atoms with van der Waals surface area (Å²) in [6, 6.07) is 0. The Morgan fingerprint density at radius 2 is 2.06 bits per heavy atom. The summed E-state index contributed by atoms with van der Waals surface area (Å²) in [5.74, 6) is 3.87. The smallest absolute Gasteiger partial charge is 0.140 e. The van der Waals surface area contributed by atoms with Gasteiger partial charge in [0.15, 0.2) is 0 Å². The molecule has 2 saturated carbocycles. The Morgan fingerprint density at radius 1 is 1.35 bits per heavy atom. The highest BCUT2D eigenvalue weighted by molar-refractivity contribution is 5.87. The lowest BCUT2D eigenvalue weighted by atomic mass is 9.53. The maximum Gasteiger partial charge on any atom is 0.140 e. The van der Waals surface area contributed by atoms with Gasteiger partial charge in [-0.25, -0.2) is 0 Å². The molecule has 2 rings (SSSR count). The minimum absolute atomic E-state index is 0.0408. The molecule has 2 aliphatic carbocycles. The predicted molar refractivity (Wildman–Crippen MR) is 70.4 cm³/mol. The van der Waals surface area contributed by atoms with Crippen molar-refractivity contribution < 1.29 is 4.79 Å². The number of terminal acetylenes is 1. The van der Waals surface area contributed by atoms with Gasteiger partial charge in [0, 0.05) is 11.8 Å². The predicted octanol–water partition coefficient (Wildman–Crippen LogP) is 3.74. The molecule has 0 aliphatic heterocycles. The van der Waals surface area contributed by atoms with Gasteiger partial charge in [0.1, 0.15) is 5.78 Å². The van der Waals surface area contributed by atoms with Crippen LogP contribution in [0.3, 0.4) is 0 Å². The normalized spacial score (nSPS) is 37.3. The third kappa shape index (κ3) is 1.75. The summed E-state index contributed by atoms with van der Waals surface area (Å²) >= 11 is 0. The van der Waals surface area contributed by atoms with Crippen LogP contribution in [0.1, 0.15) is 52.9 Å². The van der Waals surface area contributed by atoms with Crippen LogP contribution in [0.4, 0.5) is 0 Å². The molecule has 0 radical (unpaired) electrons. The van der Waals surface area contributed by atoms with Crippen LogP contribution in [0.25, 0.3) is 0 Å². The minimum Gasteiger partial charge on any atom is -0.299 e. The molecule has 92 valence electrons. The van der Waals surface area contributed by atoms with Crippen LogP contribution < -0.4 is 0 Å². The Hall–Kier alpha value is -1.03. The van der Waals surface area contributed by atoms with E-state index in [1.807, 2.05) is 0 Å². The molecule has 0 amide bonds. The maximum absolute atomic E-state index is 12.4. The van der Waals surface area contributed by atoms with Crippen molar-refractivity contribution in [2.45, 2.75) is 52.9 Å². The zero-order valence-electron chi connectivity index (χ0n) is 11.2. The van der Waals surface area contributed by atoms with Gasteiger partial charge in [0.25, 0.3) is 0 Å². The molecule has 3 unspecified atom stereocenters. The largest absolute Gasteiger partial charge is 0.299 e. The molecule has 1 heteroatoms. The van der Waals surface area contributed by atoms with Crippen molar-refractivity contribution in [3.05, 3.63) is 11.1 Å². The second-order valence-electron chi connectivity index (χ2n) is 5.96. The summed E-state index contributed by atoms with van der Waals surface area (Å²) < 4.78 is 0. The third-order valence-corrected chi connectivity index (χ3v) is 4.92. The molecule has 3 atom stereocenters. The van der Waals surface area contributed by atoms with E-state index in [1.165, 1.54) is 17.6 Å². The van der Waals surface area contributed by atoms with Crippen LogP contribution in [-0.2, 0) is 4.79 Å². The first-order valence-corrected chi connectivity index (χ1v) is 6.67. The van der Waals surface area contributed by atoms with Crippen LogP contribution in [-0.4, -0.2) is 5.78 Å². The summed E-state index contributed by atoms with van der Waals surface area (Å²) in [5.41, 5.74) is 2.38. The number of hydrogen-bond donors (Lipinski definition) is 0. The van der Waals surface area contributed by atoms with Crippen molar-refractivity contribution in [2.75, 3.05) is 0 Å². The summed E-state index contributed by atoms with van der Waals surface area (Å²) in [5, 5.41) is 0. The molecule has 0 spiro atoms. The first kappa shape index (κ1) is 12.4. The topological polar surface area (TPSA) is 17.1 Å². The van der Waals surface area contributed by atoms with Gasteiger partial charge in [0.05, 0.1) is 5.92 Å². The van der Waals surface area contributed by atoms with Crippen molar-refractivity contribution in [1.82, 2.24) is 0 Å². The molecule has 0 aromatic carbocycles. The van der Waals surface area contributed by atoms with Gasteiger partial charge in [-0.15, -0.1) is 6.42 Å². The standard InChI is InChI=1S/C16H22O/c1-5-14-13(11(2)3)10-9-12-7-6-8-15(17)16(12,14)4/h1,12,14H,6-10H2,2-4H3. The Labute approximate surface area is 105 Å². The molecule has 1 nitrogen and oxygen atoms in total. The van der Waals surface area contributed by atoms with Gasteiger partial charge in [-0.2, -0.15) is 0 Å². The Kier molecular flexibility index (Phi) is 3.17. The van der Waals surface area contributed by atoms with E-state index < -0.39 is 0 Å².